The van der Waals surface area contributed by atoms with Crippen molar-refractivity contribution in [3.63, 3.8) is 0 Å². The minimum absolute atomic E-state index is 0.0249. The molecular weight excluding hydrogens is 628 g/mol. The lowest BCUT2D eigenvalue weighted by Gasteiger charge is -2.20. The number of benzene rings is 3. The summed E-state index contributed by atoms with van der Waals surface area (Å²) >= 11 is 0. The molecule has 1 saturated carbocycles. The Hall–Kier alpha value is -4.76. The number of anilines is 2. The van der Waals surface area contributed by atoms with Crippen LogP contribution in [0, 0.1) is 19.7 Å². The Balaban J connectivity index is 1.25. The van der Waals surface area contributed by atoms with Crippen LogP contribution in [0.25, 0.3) is 10.9 Å². The molecule has 246 valence electrons. The third-order valence-electron chi connectivity index (χ3n) is 7.98. The second-order valence-electron chi connectivity index (χ2n) is 11.9. The van der Waals surface area contributed by atoms with E-state index in [1.165, 1.54) is 12.1 Å². The van der Waals surface area contributed by atoms with Crippen molar-refractivity contribution in [3.05, 3.63) is 92.8 Å². The number of aromatic amines is 1. The fourth-order valence-electron chi connectivity index (χ4n) is 5.59. The van der Waals surface area contributed by atoms with Crippen LogP contribution in [0.2, 0.25) is 0 Å². The third kappa shape index (κ3) is 7.63. The van der Waals surface area contributed by atoms with E-state index in [4.69, 9.17) is 4.74 Å². The number of carboxylic acid groups (broad SMARTS) is 1. The summed E-state index contributed by atoms with van der Waals surface area (Å²) in [7, 11) is 0.252. The van der Waals surface area contributed by atoms with E-state index >= 15 is 0 Å². The fourth-order valence-corrected chi connectivity index (χ4v) is 7.45. The van der Waals surface area contributed by atoms with E-state index in [1.54, 1.807) is 38.1 Å². The number of halogens is 1. The monoisotopic (exact) mass is 663 g/mol. The van der Waals surface area contributed by atoms with Gasteiger partial charge in [-0.25, -0.2) is 27.4 Å². The SMILES string of the molecule is BN(C)Cc1cc(NC(=O)OCCc2c(C)cc(C(Nc3cc4c(=O)[nH]cnc4cc3F)C(=O)O)cc2C)ccc1S(=O)(=O)C1CC1. The maximum atomic E-state index is 14.8. The number of H-pyrrole nitrogens is 1. The first-order valence-corrected chi connectivity index (χ1v) is 16.5. The van der Waals surface area contributed by atoms with Gasteiger partial charge < -0.3 is 25.0 Å². The Labute approximate surface area is 271 Å². The minimum Gasteiger partial charge on any atom is -0.479 e. The van der Waals surface area contributed by atoms with Gasteiger partial charge in [-0.15, -0.1) is 0 Å². The first-order valence-electron chi connectivity index (χ1n) is 15.0. The molecule has 0 saturated heterocycles. The Kier molecular flexibility index (Phi) is 9.68. The van der Waals surface area contributed by atoms with Gasteiger partial charge >= 0.3 is 12.1 Å². The summed E-state index contributed by atoms with van der Waals surface area (Å²) in [6.45, 7) is 4.01. The van der Waals surface area contributed by atoms with Crippen LogP contribution in [0.15, 0.2) is 58.5 Å². The van der Waals surface area contributed by atoms with Gasteiger partial charge in [0.15, 0.2) is 23.9 Å². The molecule has 1 aliphatic carbocycles. The van der Waals surface area contributed by atoms with Crippen molar-refractivity contribution >= 4 is 52.2 Å². The topological polar surface area (TPSA) is 171 Å². The van der Waals surface area contributed by atoms with Crippen molar-refractivity contribution in [1.82, 2.24) is 14.8 Å². The van der Waals surface area contributed by atoms with Gasteiger partial charge in [0.2, 0.25) is 0 Å². The maximum absolute atomic E-state index is 14.8. The number of nitrogens with one attached hydrogen (secondary N) is 3. The highest BCUT2D eigenvalue weighted by Crippen LogP contribution is 2.36. The van der Waals surface area contributed by atoms with Crippen LogP contribution in [0.4, 0.5) is 20.6 Å². The Bertz CT molecular complexity index is 2010. The number of amides is 1. The van der Waals surface area contributed by atoms with Crippen LogP contribution < -0.4 is 16.2 Å². The molecule has 1 fully saturated rings. The number of hydrogen-bond acceptors (Lipinski definition) is 9. The molecule has 0 bridgehead atoms. The number of carbonyl (C=O) groups excluding carboxylic acids is 1. The summed E-state index contributed by atoms with van der Waals surface area (Å²) in [5.41, 5.74) is 3.22. The van der Waals surface area contributed by atoms with Gasteiger partial charge in [-0.3, -0.25) is 10.1 Å². The van der Waals surface area contributed by atoms with Crippen LogP contribution in [0.1, 0.15) is 46.7 Å². The highest BCUT2D eigenvalue weighted by molar-refractivity contribution is 7.92. The van der Waals surface area contributed by atoms with E-state index in [0.717, 1.165) is 29.1 Å². The fraction of sp³-hybridized carbons (Fsp3) is 0.312. The lowest BCUT2D eigenvalue weighted by Crippen LogP contribution is -2.22. The lowest BCUT2D eigenvalue weighted by molar-refractivity contribution is -0.138. The third-order valence-corrected chi connectivity index (χ3v) is 10.3. The molecule has 4 aromatic rings. The quantitative estimate of drug-likeness (QED) is 0.164. The van der Waals surface area contributed by atoms with Gasteiger partial charge in [-0.1, -0.05) is 12.1 Å². The molecule has 1 unspecified atom stereocenters. The number of rotatable bonds is 12. The predicted molar refractivity (Wildman–Crippen MR) is 178 cm³/mol. The first kappa shape index (κ1) is 33.6. The second-order valence-corrected chi connectivity index (χ2v) is 14.1. The maximum Gasteiger partial charge on any atom is 0.411 e. The highest BCUT2D eigenvalue weighted by Gasteiger charge is 2.38. The number of ether oxygens (including phenoxy) is 1. The van der Waals surface area contributed by atoms with Gasteiger partial charge in [0.1, 0.15) is 5.82 Å². The molecule has 0 spiro atoms. The smallest absolute Gasteiger partial charge is 0.411 e. The minimum atomic E-state index is -3.42. The van der Waals surface area contributed by atoms with Gasteiger partial charge in [-0.2, -0.15) is 0 Å². The molecule has 15 heteroatoms. The summed E-state index contributed by atoms with van der Waals surface area (Å²) in [6.07, 6.45) is 2.11. The summed E-state index contributed by atoms with van der Waals surface area (Å²) in [4.78, 5) is 45.6. The number of nitrogens with zero attached hydrogens (tertiary/aromatic N) is 2. The van der Waals surface area contributed by atoms with Gasteiger partial charge in [0.05, 0.1) is 39.7 Å². The average Bonchev–Trinajstić information content (AvgIpc) is 3.84. The highest BCUT2D eigenvalue weighted by atomic mass is 32.2. The van der Waals surface area contributed by atoms with Crippen LogP contribution in [-0.2, 0) is 32.3 Å². The van der Waals surface area contributed by atoms with Gasteiger partial charge in [-0.05, 0) is 85.8 Å². The molecule has 47 heavy (non-hydrogen) atoms. The number of aromatic nitrogens is 2. The summed E-state index contributed by atoms with van der Waals surface area (Å²) in [6, 6.07) is 9.05. The Morgan fingerprint density at radius 3 is 2.51 bits per heavy atom. The van der Waals surface area contributed by atoms with E-state index < -0.39 is 39.3 Å². The zero-order valence-corrected chi connectivity index (χ0v) is 27.2. The molecule has 0 aliphatic heterocycles. The molecule has 1 atom stereocenters. The molecule has 3 aromatic carbocycles. The van der Waals surface area contributed by atoms with Crippen LogP contribution >= 0.6 is 0 Å². The number of sulfone groups is 1. The Morgan fingerprint density at radius 2 is 1.87 bits per heavy atom. The normalized spacial score (nSPS) is 13.8. The van der Waals surface area contributed by atoms with E-state index in [1.807, 2.05) is 19.8 Å². The second kappa shape index (κ2) is 13.5. The van der Waals surface area contributed by atoms with Crippen molar-refractivity contribution in [2.45, 2.75) is 55.8 Å². The average molecular weight is 664 g/mol. The van der Waals surface area contributed by atoms with Crippen molar-refractivity contribution in [2.24, 2.45) is 0 Å². The molecule has 1 amide bonds. The van der Waals surface area contributed by atoms with Crippen molar-refractivity contribution < 1.29 is 32.2 Å². The van der Waals surface area contributed by atoms with Crippen molar-refractivity contribution in [3.8, 4) is 0 Å². The molecular formula is C32H35BFN5O7S. The molecule has 0 radical (unpaired) electrons. The largest absolute Gasteiger partial charge is 0.479 e. The Morgan fingerprint density at radius 1 is 1.17 bits per heavy atom. The summed E-state index contributed by atoms with van der Waals surface area (Å²) in [5, 5.41) is 15.1. The van der Waals surface area contributed by atoms with E-state index in [0.29, 0.717) is 42.6 Å². The van der Waals surface area contributed by atoms with E-state index in [9.17, 15) is 32.3 Å². The number of aliphatic carboxylic acids is 1. The van der Waals surface area contributed by atoms with Gasteiger partial charge in [0, 0.05) is 24.7 Å². The number of carboxylic acids is 1. The standard InChI is InChI=1S/C32H35BFN5O7S/c1-17-10-19(29(31(41)42)38-27-13-24-26(14-25(27)34)35-16-36-30(24)40)11-18(2)23(17)8-9-46-32(43)37-21-4-7-28(20(12-21)15-39(3)33)47(44,45)22-5-6-22/h4,7,10-14,16,22,29,38H,5-6,8-9,15,33H2,1-3H3,(H,37,43)(H,41,42)(H,35,36,40). The molecule has 5 rings (SSSR count). The van der Waals surface area contributed by atoms with Crippen LogP contribution in [-0.4, -0.2) is 67.3 Å². The molecule has 1 aromatic heterocycles. The van der Waals surface area contributed by atoms with Crippen molar-refractivity contribution in [1.29, 1.82) is 0 Å². The van der Waals surface area contributed by atoms with E-state index in [2.05, 4.69) is 20.6 Å². The molecule has 1 heterocycles. The molecule has 4 N–H and O–H groups in total. The van der Waals surface area contributed by atoms with Crippen LogP contribution in [0.5, 0.6) is 0 Å². The van der Waals surface area contributed by atoms with Gasteiger partial charge in [0.25, 0.3) is 5.56 Å². The molecule has 1 aliphatic rings. The zero-order chi connectivity index (χ0) is 34.0. The number of carbonyl (C=O) groups is 2. The zero-order valence-electron chi connectivity index (χ0n) is 26.4. The summed E-state index contributed by atoms with van der Waals surface area (Å²) in [5.74, 6) is -2.00. The number of aryl methyl sites for hydroxylation is 2. The van der Waals surface area contributed by atoms with Crippen LogP contribution in [0.3, 0.4) is 0 Å². The first-order chi connectivity index (χ1) is 22.2. The lowest BCUT2D eigenvalue weighted by atomic mass is 9.94. The van der Waals surface area contributed by atoms with Crippen molar-refractivity contribution in [2.75, 3.05) is 24.3 Å². The number of fused-ring (bicyclic) bond motifs is 1. The summed E-state index contributed by atoms with van der Waals surface area (Å²) < 4.78 is 46.1. The number of hydrogen-bond donors (Lipinski definition) is 4. The molecule has 12 nitrogen and oxygen atoms in total. The predicted octanol–water partition coefficient (Wildman–Crippen LogP) is 3.62. The van der Waals surface area contributed by atoms with E-state index in [-0.39, 0.29) is 33.3 Å².